The summed E-state index contributed by atoms with van der Waals surface area (Å²) in [5.41, 5.74) is 0.0267. The SMILES string of the molecule is CC(NNC(=O)OC(C)(C)C)C(C)C(=O)OCC(=O)[C@]12OC[C@@]13C[C@H](O)[C@@]1(F)[C@@H](CCC4=CC(=O)C=C[C@@]41C)[C@@H]3C[C@H]2C. The number of hydrazine groups is 1. The van der Waals surface area contributed by atoms with Crippen LogP contribution in [0.15, 0.2) is 23.8 Å². The summed E-state index contributed by atoms with van der Waals surface area (Å²) in [5, 5.41) is 11.6. The predicted octanol–water partition coefficient (Wildman–Crippen LogP) is 3.52. The third-order valence-electron chi connectivity index (χ3n) is 11.1. The molecule has 0 aromatic rings. The summed E-state index contributed by atoms with van der Waals surface area (Å²) in [4.78, 5) is 50.8. The van der Waals surface area contributed by atoms with Crippen molar-refractivity contribution in [2.24, 2.45) is 34.5 Å². The van der Waals surface area contributed by atoms with Crippen LogP contribution < -0.4 is 10.9 Å². The first-order valence-corrected chi connectivity index (χ1v) is 15.3. The zero-order valence-corrected chi connectivity index (χ0v) is 26.1. The van der Waals surface area contributed by atoms with Crippen molar-refractivity contribution in [3.63, 3.8) is 0 Å². The standard InChI is InChI=1S/C32H45FN2O8/c1-17-12-23-22-9-8-20-13-21(36)10-11-29(20,7)31(22,33)24(37)14-30(23)16-42-32(17,30)25(38)15-41-26(39)18(2)19(3)34-35-27(40)43-28(4,5)6/h10-11,13,17-19,22-24,34,37H,8-9,12,14-16H2,1-7H3,(H,35,40)/t17-,18?,19?,22+,23+,24+,29+,30-,31+,32+/m1/s1. The quantitative estimate of drug-likeness (QED) is 0.294. The number of nitrogens with one attached hydrogen (secondary N) is 2. The van der Waals surface area contributed by atoms with Crippen LogP contribution in [0.5, 0.6) is 0 Å². The number of aliphatic hydroxyl groups excluding tert-OH is 1. The summed E-state index contributed by atoms with van der Waals surface area (Å²) in [6.45, 7) is 11.9. The smallest absolute Gasteiger partial charge is 0.422 e. The second-order valence-electron chi connectivity index (χ2n) is 14.5. The van der Waals surface area contributed by atoms with Crippen LogP contribution in [0, 0.1) is 34.5 Å². The Labute approximate surface area is 252 Å². The Bertz CT molecular complexity index is 1280. The molecule has 2 unspecified atom stereocenters. The van der Waals surface area contributed by atoms with Crippen LogP contribution in [0.1, 0.15) is 74.1 Å². The molecule has 4 aliphatic carbocycles. The number of carbonyl (C=O) groups excluding carboxylic acids is 4. The Morgan fingerprint density at radius 3 is 2.56 bits per heavy atom. The summed E-state index contributed by atoms with van der Waals surface area (Å²) in [5.74, 6) is -2.90. The number of halogens is 1. The van der Waals surface area contributed by atoms with Gasteiger partial charge in [0.25, 0.3) is 0 Å². The number of ketones is 2. The van der Waals surface area contributed by atoms with E-state index in [2.05, 4.69) is 10.9 Å². The zero-order chi connectivity index (χ0) is 31.8. The van der Waals surface area contributed by atoms with Gasteiger partial charge in [-0.15, -0.1) is 0 Å². The van der Waals surface area contributed by atoms with E-state index in [0.717, 1.165) is 0 Å². The summed E-state index contributed by atoms with van der Waals surface area (Å²) >= 11 is 0. The summed E-state index contributed by atoms with van der Waals surface area (Å²) in [6, 6.07) is -0.531. The molecule has 1 amide bonds. The molecule has 3 N–H and O–H groups in total. The second-order valence-corrected chi connectivity index (χ2v) is 14.5. The molecule has 238 valence electrons. The van der Waals surface area contributed by atoms with Gasteiger partial charge in [-0.25, -0.2) is 14.6 Å². The zero-order valence-electron chi connectivity index (χ0n) is 26.1. The molecule has 0 radical (unpaired) electrons. The first kappa shape index (κ1) is 31.8. The third-order valence-corrected chi connectivity index (χ3v) is 11.1. The van der Waals surface area contributed by atoms with E-state index in [0.29, 0.717) is 24.8 Å². The highest BCUT2D eigenvalue weighted by molar-refractivity contribution is 6.01. The fraction of sp³-hybridized carbons (Fsp3) is 0.750. The summed E-state index contributed by atoms with van der Waals surface area (Å²) < 4.78 is 34.2. The fourth-order valence-electron chi connectivity index (χ4n) is 8.84. The number of carbonyl (C=O) groups is 4. The minimum Gasteiger partial charge on any atom is -0.457 e. The first-order chi connectivity index (χ1) is 19.9. The fourth-order valence-corrected chi connectivity index (χ4v) is 8.84. The van der Waals surface area contributed by atoms with Crippen LogP contribution in [0.3, 0.4) is 0 Å². The molecule has 10 nitrogen and oxygen atoms in total. The van der Waals surface area contributed by atoms with Crippen LogP contribution in [0.4, 0.5) is 9.18 Å². The highest BCUT2D eigenvalue weighted by Crippen LogP contribution is 2.74. The normalized spacial score (nSPS) is 40.9. The molecular formula is C32H45FN2O8. The number of esters is 1. The Hall–Kier alpha value is -2.63. The number of hydrogen-bond donors (Lipinski definition) is 3. The van der Waals surface area contributed by atoms with E-state index in [1.807, 2.05) is 6.92 Å². The molecule has 10 atom stereocenters. The Balaban J connectivity index is 1.27. The molecule has 3 saturated carbocycles. The van der Waals surface area contributed by atoms with E-state index in [4.69, 9.17) is 14.2 Å². The lowest BCUT2D eigenvalue weighted by atomic mass is 9.43. The van der Waals surface area contributed by atoms with Crippen molar-refractivity contribution in [2.75, 3.05) is 13.2 Å². The Kier molecular flexibility index (Phi) is 7.75. The highest BCUT2D eigenvalue weighted by atomic mass is 19.1. The molecule has 1 spiro atoms. The number of amides is 1. The maximum Gasteiger partial charge on any atom is 0.422 e. The third kappa shape index (κ3) is 4.60. The number of ether oxygens (including phenoxy) is 3. The lowest BCUT2D eigenvalue weighted by molar-refractivity contribution is -0.310. The first-order valence-electron chi connectivity index (χ1n) is 15.3. The van der Waals surface area contributed by atoms with Gasteiger partial charge in [-0.3, -0.25) is 19.8 Å². The van der Waals surface area contributed by atoms with Crippen molar-refractivity contribution >= 4 is 23.6 Å². The minimum absolute atomic E-state index is 0.0487. The summed E-state index contributed by atoms with van der Waals surface area (Å²) in [6.07, 6.45) is 4.07. The molecule has 11 heteroatoms. The number of alkyl halides is 1. The van der Waals surface area contributed by atoms with Crippen molar-refractivity contribution in [2.45, 2.75) is 103 Å². The van der Waals surface area contributed by atoms with E-state index < -0.39 is 70.4 Å². The highest BCUT2D eigenvalue weighted by Gasteiger charge is 2.81. The molecule has 1 aliphatic heterocycles. The molecule has 0 bridgehead atoms. The number of aliphatic hydroxyl groups is 1. The molecular weight excluding hydrogens is 559 g/mol. The van der Waals surface area contributed by atoms with Crippen molar-refractivity contribution in [1.29, 1.82) is 0 Å². The molecule has 0 aromatic heterocycles. The van der Waals surface area contributed by atoms with Crippen molar-refractivity contribution in [1.82, 2.24) is 10.9 Å². The van der Waals surface area contributed by atoms with E-state index in [1.165, 1.54) is 12.2 Å². The maximum atomic E-state index is 17.4. The van der Waals surface area contributed by atoms with Gasteiger partial charge in [0.05, 0.1) is 18.6 Å². The molecule has 1 heterocycles. The van der Waals surface area contributed by atoms with Crippen LogP contribution in [-0.2, 0) is 28.6 Å². The van der Waals surface area contributed by atoms with Gasteiger partial charge in [-0.2, -0.15) is 0 Å². The van der Waals surface area contributed by atoms with Gasteiger partial charge in [0.1, 0.15) is 11.2 Å². The predicted molar refractivity (Wildman–Crippen MR) is 153 cm³/mol. The molecule has 5 rings (SSSR count). The summed E-state index contributed by atoms with van der Waals surface area (Å²) in [7, 11) is 0. The van der Waals surface area contributed by atoms with Gasteiger partial charge >= 0.3 is 12.1 Å². The van der Waals surface area contributed by atoms with Crippen molar-refractivity contribution < 1.29 is 42.9 Å². The number of hydrogen-bond acceptors (Lipinski definition) is 9. The maximum absolute atomic E-state index is 17.4. The average Bonchev–Trinajstić information content (AvgIpc) is 3.07. The van der Waals surface area contributed by atoms with Crippen molar-refractivity contribution in [3.05, 3.63) is 23.8 Å². The molecule has 0 aromatic carbocycles. The molecule has 1 saturated heterocycles. The Morgan fingerprint density at radius 2 is 1.93 bits per heavy atom. The van der Waals surface area contributed by atoms with Gasteiger partial charge in [-0.1, -0.05) is 25.5 Å². The molecule has 5 aliphatic rings. The second kappa shape index (κ2) is 10.5. The Morgan fingerprint density at radius 1 is 1.23 bits per heavy atom. The van der Waals surface area contributed by atoms with Crippen LogP contribution in [0.2, 0.25) is 0 Å². The van der Waals surface area contributed by atoms with Gasteiger partial charge in [0.15, 0.2) is 18.1 Å². The molecule has 4 fully saturated rings. The average molecular weight is 605 g/mol. The van der Waals surface area contributed by atoms with Crippen LogP contribution >= 0.6 is 0 Å². The van der Waals surface area contributed by atoms with Gasteiger partial charge < -0.3 is 19.3 Å². The number of Topliss-reactive ketones (excluding diaryl/α,β-unsaturated/α-hetero) is 1. The van der Waals surface area contributed by atoms with Crippen LogP contribution in [0.25, 0.3) is 0 Å². The van der Waals surface area contributed by atoms with E-state index >= 15 is 4.39 Å². The van der Waals surface area contributed by atoms with Crippen molar-refractivity contribution in [3.8, 4) is 0 Å². The number of allylic oxidation sites excluding steroid dienone is 4. The van der Waals surface area contributed by atoms with Gasteiger partial charge in [0.2, 0.25) is 5.78 Å². The monoisotopic (exact) mass is 604 g/mol. The van der Waals surface area contributed by atoms with E-state index in [-0.39, 0.29) is 36.4 Å². The lowest BCUT2D eigenvalue weighted by Crippen LogP contribution is -2.76. The minimum atomic E-state index is -1.99. The van der Waals surface area contributed by atoms with Gasteiger partial charge in [0, 0.05) is 22.8 Å². The van der Waals surface area contributed by atoms with Crippen LogP contribution in [-0.4, -0.2) is 71.0 Å². The van der Waals surface area contributed by atoms with E-state index in [1.54, 1.807) is 47.6 Å². The number of rotatable bonds is 7. The lowest BCUT2D eigenvalue weighted by Gasteiger charge is -2.67. The molecule has 43 heavy (non-hydrogen) atoms. The number of fused-ring (bicyclic) bond motifs is 4. The largest absolute Gasteiger partial charge is 0.457 e. The van der Waals surface area contributed by atoms with E-state index in [9.17, 15) is 24.3 Å². The topological polar surface area (TPSA) is 140 Å². The van der Waals surface area contributed by atoms with Gasteiger partial charge in [-0.05, 0) is 84.3 Å².